The molecule has 0 fully saturated rings. The van der Waals surface area contributed by atoms with Gasteiger partial charge in [0.05, 0.1) is 16.2 Å². The molecule has 1 aliphatic carbocycles. The number of benzene rings is 2. The largest absolute Gasteiger partial charge is 0.355 e. The molecule has 1 aromatic heterocycles. The first-order valence-corrected chi connectivity index (χ1v) is 8.70. The normalized spacial score (nSPS) is 13.8. The van der Waals surface area contributed by atoms with Crippen molar-refractivity contribution in [1.29, 1.82) is 0 Å². The van der Waals surface area contributed by atoms with Crippen LogP contribution in [0.15, 0.2) is 36.4 Å². The molecular weight excluding hydrogens is 346 g/mol. The van der Waals surface area contributed by atoms with E-state index in [0.717, 1.165) is 53.7 Å². The highest BCUT2D eigenvalue weighted by Gasteiger charge is 2.18. The molecule has 0 saturated carbocycles. The van der Waals surface area contributed by atoms with E-state index in [1.54, 1.807) is 12.1 Å². The van der Waals surface area contributed by atoms with E-state index in [0.29, 0.717) is 5.02 Å². The lowest BCUT2D eigenvalue weighted by atomic mass is 9.92. The molecule has 0 bridgehead atoms. The maximum atomic E-state index is 13.4. The minimum Gasteiger partial charge on any atom is -0.355 e. The molecule has 4 rings (SSSR count). The number of aromatic nitrogens is 1. The Bertz CT molecular complexity index is 940. The molecule has 0 saturated heterocycles. The maximum Gasteiger partial charge on any atom is 0.141 e. The van der Waals surface area contributed by atoms with Crippen LogP contribution in [0.3, 0.4) is 0 Å². The number of nitrogens with one attached hydrogen (secondary N) is 1. The first kappa shape index (κ1) is 15.7. The van der Waals surface area contributed by atoms with Gasteiger partial charge in [0, 0.05) is 21.8 Å². The molecule has 2 aromatic carbocycles. The number of pyridine rings is 1. The van der Waals surface area contributed by atoms with Crippen molar-refractivity contribution in [2.24, 2.45) is 0 Å². The van der Waals surface area contributed by atoms with Crippen molar-refractivity contribution >= 4 is 45.5 Å². The fourth-order valence-electron chi connectivity index (χ4n) is 3.26. The molecule has 1 N–H and O–H groups in total. The minimum absolute atomic E-state index is 0.102. The van der Waals surface area contributed by atoms with E-state index in [1.807, 2.05) is 18.2 Å². The summed E-state index contributed by atoms with van der Waals surface area (Å²) in [5.74, 6) is -0.424. The number of rotatable bonds is 2. The molecular formula is C19H15Cl2FN2. The topological polar surface area (TPSA) is 24.9 Å². The van der Waals surface area contributed by atoms with Crippen LogP contribution in [0, 0.1) is 5.82 Å². The summed E-state index contributed by atoms with van der Waals surface area (Å²) in [6.45, 7) is 0. The third kappa shape index (κ3) is 2.83. The molecule has 5 heteroatoms. The summed E-state index contributed by atoms with van der Waals surface area (Å²) in [7, 11) is 0. The third-order valence-corrected chi connectivity index (χ3v) is 4.94. The van der Waals surface area contributed by atoms with E-state index in [9.17, 15) is 4.39 Å². The van der Waals surface area contributed by atoms with E-state index in [2.05, 4.69) is 5.32 Å². The lowest BCUT2D eigenvalue weighted by Crippen LogP contribution is -2.09. The van der Waals surface area contributed by atoms with Crippen LogP contribution in [-0.2, 0) is 12.8 Å². The molecule has 1 heterocycles. The average Bonchev–Trinajstić information content (AvgIpc) is 2.58. The van der Waals surface area contributed by atoms with E-state index in [1.165, 1.54) is 11.6 Å². The molecule has 1 aliphatic rings. The molecule has 2 nitrogen and oxygen atoms in total. The fraction of sp³-hybridized carbons (Fsp3) is 0.211. The zero-order chi connectivity index (χ0) is 16.7. The number of anilines is 2. The molecule has 0 radical (unpaired) electrons. The molecule has 0 aliphatic heterocycles. The second-order valence-electron chi connectivity index (χ2n) is 6.03. The van der Waals surface area contributed by atoms with Gasteiger partial charge in [-0.25, -0.2) is 4.39 Å². The van der Waals surface area contributed by atoms with Crippen LogP contribution in [0.4, 0.5) is 15.8 Å². The van der Waals surface area contributed by atoms with Gasteiger partial charge in [-0.1, -0.05) is 23.2 Å². The molecule has 24 heavy (non-hydrogen) atoms. The Labute approximate surface area is 149 Å². The van der Waals surface area contributed by atoms with Crippen LogP contribution < -0.4 is 5.32 Å². The summed E-state index contributed by atoms with van der Waals surface area (Å²) in [5.41, 5.74) is 5.01. The summed E-state index contributed by atoms with van der Waals surface area (Å²) in [6, 6.07) is 10.4. The Hall–Kier alpha value is -1.84. The van der Waals surface area contributed by atoms with E-state index >= 15 is 0 Å². The number of nitrogens with zero attached hydrogens (tertiary/aromatic N) is 1. The number of halogens is 3. The summed E-state index contributed by atoms with van der Waals surface area (Å²) < 4.78 is 13.4. The number of hydrogen-bond donors (Lipinski definition) is 1. The van der Waals surface area contributed by atoms with Crippen LogP contribution in [0.2, 0.25) is 10.0 Å². The van der Waals surface area contributed by atoms with Crippen LogP contribution in [0.1, 0.15) is 24.1 Å². The predicted octanol–water partition coefficient (Wildman–Crippen LogP) is 6.30. The molecule has 0 atom stereocenters. The third-order valence-electron chi connectivity index (χ3n) is 4.41. The van der Waals surface area contributed by atoms with Gasteiger partial charge in [0.15, 0.2) is 0 Å². The van der Waals surface area contributed by atoms with Gasteiger partial charge in [-0.15, -0.1) is 0 Å². The highest BCUT2D eigenvalue weighted by atomic mass is 35.5. The molecule has 122 valence electrons. The first-order valence-electron chi connectivity index (χ1n) is 7.95. The Morgan fingerprint density at radius 1 is 1.00 bits per heavy atom. The SMILES string of the molecule is Fc1ccc(Nc2c3c(nc4ccc(Cl)cc24)CCCC3)cc1Cl. The van der Waals surface area contributed by atoms with Crippen molar-refractivity contribution in [1.82, 2.24) is 4.98 Å². The Kier molecular flexibility index (Phi) is 4.07. The minimum atomic E-state index is -0.424. The van der Waals surface area contributed by atoms with Gasteiger partial charge in [-0.05, 0) is 67.6 Å². The molecule has 0 unspecified atom stereocenters. The average molecular weight is 361 g/mol. The van der Waals surface area contributed by atoms with Crippen LogP contribution in [-0.4, -0.2) is 4.98 Å². The van der Waals surface area contributed by atoms with Gasteiger partial charge < -0.3 is 5.32 Å². The van der Waals surface area contributed by atoms with Gasteiger partial charge in [-0.3, -0.25) is 4.98 Å². The summed E-state index contributed by atoms with van der Waals surface area (Å²) in [4.78, 5) is 4.81. The molecule has 3 aromatic rings. The van der Waals surface area contributed by atoms with E-state index in [-0.39, 0.29) is 5.02 Å². The first-order chi connectivity index (χ1) is 11.6. The monoisotopic (exact) mass is 360 g/mol. The highest BCUT2D eigenvalue weighted by Crippen LogP contribution is 2.36. The van der Waals surface area contributed by atoms with Crippen molar-refractivity contribution in [3.8, 4) is 0 Å². The summed E-state index contributed by atoms with van der Waals surface area (Å²) >= 11 is 12.1. The zero-order valence-corrected chi connectivity index (χ0v) is 14.4. The van der Waals surface area contributed by atoms with Gasteiger partial charge >= 0.3 is 0 Å². The van der Waals surface area contributed by atoms with Crippen LogP contribution in [0.25, 0.3) is 10.9 Å². The molecule has 0 amide bonds. The van der Waals surface area contributed by atoms with Crippen LogP contribution in [0.5, 0.6) is 0 Å². The number of hydrogen-bond acceptors (Lipinski definition) is 2. The van der Waals surface area contributed by atoms with Crippen molar-refractivity contribution in [2.75, 3.05) is 5.32 Å². The zero-order valence-electron chi connectivity index (χ0n) is 12.9. The Balaban J connectivity index is 1.91. The second-order valence-corrected chi connectivity index (χ2v) is 6.88. The number of aryl methyl sites for hydroxylation is 1. The second kappa shape index (κ2) is 6.23. The fourth-order valence-corrected chi connectivity index (χ4v) is 3.61. The molecule has 0 spiro atoms. The van der Waals surface area contributed by atoms with Gasteiger partial charge in [0.1, 0.15) is 5.82 Å². The summed E-state index contributed by atoms with van der Waals surface area (Å²) in [6.07, 6.45) is 4.25. The van der Waals surface area contributed by atoms with E-state index < -0.39 is 5.82 Å². The van der Waals surface area contributed by atoms with Gasteiger partial charge in [0.2, 0.25) is 0 Å². The van der Waals surface area contributed by atoms with Crippen molar-refractivity contribution in [2.45, 2.75) is 25.7 Å². The van der Waals surface area contributed by atoms with Gasteiger partial charge in [-0.2, -0.15) is 0 Å². The predicted molar refractivity (Wildman–Crippen MR) is 98.1 cm³/mol. The Morgan fingerprint density at radius 2 is 1.83 bits per heavy atom. The maximum absolute atomic E-state index is 13.4. The smallest absolute Gasteiger partial charge is 0.141 e. The van der Waals surface area contributed by atoms with Crippen LogP contribution >= 0.6 is 23.2 Å². The lowest BCUT2D eigenvalue weighted by Gasteiger charge is -2.22. The quantitative estimate of drug-likeness (QED) is 0.579. The van der Waals surface area contributed by atoms with Crippen molar-refractivity contribution < 1.29 is 4.39 Å². The standard InChI is InChI=1S/C19H15Cl2FN2/c20-11-5-8-18-14(9-11)19(13-3-1-2-4-17(13)24-18)23-12-6-7-16(22)15(21)10-12/h5-10H,1-4H2,(H,23,24). The van der Waals surface area contributed by atoms with E-state index in [4.69, 9.17) is 28.2 Å². The Morgan fingerprint density at radius 3 is 2.67 bits per heavy atom. The van der Waals surface area contributed by atoms with Crippen molar-refractivity contribution in [3.05, 3.63) is 63.5 Å². The lowest BCUT2D eigenvalue weighted by molar-refractivity contribution is 0.628. The van der Waals surface area contributed by atoms with Crippen molar-refractivity contribution in [3.63, 3.8) is 0 Å². The number of fused-ring (bicyclic) bond motifs is 2. The highest BCUT2D eigenvalue weighted by molar-refractivity contribution is 6.31. The van der Waals surface area contributed by atoms with Gasteiger partial charge in [0.25, 0.3) is 0 Å². The summed E-state index contributed by atoms with van der Waals surface area (Å²) in [5, 5.41) is 5.17.